The summed E-state index contributed by atoms with van der Waals surface area (Å²) in [6.45, 7) is 6.17. The molecule has 0 aliphatic rings. The number of benzene rings is 1. The summed E-state index contributed by atoms with van der Waals surface area (Å²) >= 11 is 0. The van der Waals surface area contributed by atoms with Crippen molar-refractivity contribution in [2.45, 2.75) is 65.2 Å². The van der Waals surface area contributed by atoms with Crippen molar-refractivity contribution in [1.29, 1.82) is 0 Å². The van der Waals surface area contributed by atoms with Crippen LogP contribution in [0.1, 0.15) is 46.1 Å². The van der Waals surface area contributed by atoms with Gasteiger partial charge in [0.2, 0.25) is 5.91 Å². The first-order valence-electron chi connectivity index (χ1n) is 9.81. The molecule has 0 fully saturated rings. The summed E-state index contributed by atoms with van der Waals surface area (Å²) in [6, 6.07) is 7.70. The van der Waals surface area contributed by atoms with Crippen LogP contribution in [0, 0.1) is 11.8 Å². The molecule has 3 N–H and O–H groups in total. The maximum Gasteiger partial charge on any atom is 0.407 e. The first-order chi connectivity index (χ1) is 13.5. The van der Waals surface area contributed by atoms with Crippen LogP contribution in [0.4, 0.5) is 13.6 Å². The van der Waals surface area contributed by atoms with Crippen molar-refractivity contribution in [3.63, 3.8) is 0 Å². The van der Waals surface area contributed by atoms with Crippen LogP contribution >= 0.6 is 0 Å². The molecule has 0 saturated heterocycles. The van der Waals surface area contributed by atoms with Crippen LogP contribution in [0.3, 0.4) is 0 Å². The quantitative estimate of drug-likeness (QED) is 0.517. The van der Waals surface area contributed by atoms with Crippen LogP contribution in [0.5, 0.6) is 0 Å². The number of rotatable bonds is 11. The van der Waals surface area contributed by atoms with E-state index in [-0.39, 0.29) is 31.3 Å². The molecule has 0 aliphatic carbocycles. The predicted octanol–water partition coefficient (Wildman–Crippen LogP) is 3.49. The molecule has 1 aromatic carbocycles. The molecule has 0 spiro atoms. The average Bonchev–Trinajstić information content (AvgIpc) is 2.63. The molecule has 2 amide bonds. The summed E-state index contributed by atoms with van der Waals surface area (Å²) in [5.41, 5.74) is 0.752. The molecule has 0 bridgehead atoms. The molecule has 0 saturated carbocycles. The standard InChI is InChI=1S/C21H32F2N2O4/c1-14(2)10-17(25-20(28)29-12-16-8-6-5-7-9-16)19(27)21(22,23)13-24-18(26)11-15(3)4/h5-9,14-15,17,19,27H,10-13H2,1-4H3,(H,24,26)(H,25,28). The highest BCUT2D eigenvalue weighted by atomic mass is 19.3. The summed E-state index contributed by atoms with van der Waals surface area (Å²) in [5.74, 6) is -4.15. The minimum absolute atomic E-state index is 0.0151. The van der Waals surface area contributed by atoms with Gasteiger partial charge in [0.25, 0.3) is 5.92 Å². The third-order valence-electron chi connectivity index (χ3n) is 4.17. The first-order valence-corrected chi connectivity index (χ1v) is 9.81. The van der Waals surface area contributed by atoms with Crippen LogP contribution in [0.25, 0.3) is 0 Å². The minimum atomic E-state index is -3.61. The number of aliphatic hydroxyl groups is 1. The third kappa shape index (κ3) is 9.69. The van der Waals surface area contributed by atoms with E-state index in [2.05, 4.69) is 10.6 Å². The Balaban J connectivity index is 2.68. The van der Waals surface area contributed by atoms with E-state index >= 15 is 0 Å². The number of aliphatic hydroxyl groups excluding tert-OH is 1. The van der Waals surface area contributed by atoms with Crippen molar-refractivity contribution in [2.24, 2.45) is 11.8 Å². The molecule has 1 rings (SSSR count). The van der Waals surface area contributed by atoms with E-state index < -0.39 is 36.6 Å². The summed E-state index contributed by atoms with van der Waals surface area (Å²) < 4.78 is 34.0. The Hall–Kier alpha value is -2.22. The topological polar surface area (TPSA) is 87.7 Å². The second kappa shape index (κ2) is 11.7. The SMILES string of the molecule is CC(C)CC(=O)NCC(F)(F)C(O)C(CC(C)C)NC(=O)OCc1ccccc1. The number of hydrogen-bond donors (Lipinski definition) is 3. The number of alkyl carbamates (subject to hydrolysis) is 1. The lowest BCUT2D eigenvalue weighted by molar-refractivity contribution is -0.134. The highest BCUT2D eigenvalue weighted by Gasteiger charge is 2.44. The smallest absolute Gasteiger partial charge is 0.407 e. The van der Waals surface area contributed by atoms with E-state index in [0.717, 1.165) is 5.56 Å². The van der Waals surface area contributed by atoms with Gasteiger partial charge in [0, 0.05) is 6.42 Å². The van der Waals surface area contributed by atoms with Crippen molar-refractivity contribution in [3.05, 3.63) is 35.9 Å². The van der Waals surface area contributed by atoms with Crippen LogP contribution in [0.15, 0.2) is 30.3 Å². The lowest BCUT2D eigenvalue weighted by atomic mass is 9.95. The molecule has 6 nitrogen and oxygen atoms in total. The lowest BCUT2D eigenvalue weighted by Crippen LogP contribution is -2.55. The number of alkyl halides is 2. The minimum Gasteiger partial charge on any atom is -0.445 e. The van der Waals surface area contributed by atoms with Crippen molar-refractivity contribution >= 4 is 12.0 Å². The predicted molar refractivity (Wildman–Crippen MR) is 106 cm³/mol. The molecule has 0 aliphatic heterocycles. The Kier molecular flexibility index (Phi) is 10.0. The van der Waals surface area contributed by atoms with Crippen LogP contribution in [0.2, 0.25) is 0 Å². The largest absolute Gasteiger partial charge is 0.445 e. The number of nitrogens with one attached hydrogen (secondary N) is 2. The van der Waals surface area contributed by atoms with Gasteiger partial charge in [0.15, 0.2) is 0 Å². The zero-order valence-electron chi connectivity index (χ0n) is 17.5. The van der Waals surface area contributed by atoms with Gasteiger partial charge in [-0.05, 0) is 23.8 Å². The van der Waals surface area contributed by atoms with E-state index in [1.807, 2.05) is 6.07 Å². The molecule has 8 heteroatoms. The molecule has 2 unspecified atom stereocenters. The number of halogens is 2. The molecule has 0 aromatic heterocycles. The van der Waals surface area contributed by atoms with E-state index in [1.54, 1.807) is 52.0 Å². The Bertz CT molecular complexity index is 639. The normalized spacial score (nSPS) is 13.8. The highest BCUT2D eigenvalue weighted by Crippen LogP contribution is 2.24. The van der Waals surface area contributed by atoms with Crippen LogP contribution in [-0.4, -0.2) is 41.7 Å². The van der Waals surface area contributed by atoms with Gasteiger partial charge in [-0.1, -0.05) is 58.0 Å². The van der Waals surface area contributed by atoms with E-state index in [4.69, 9.17) is 4.74 Å². The zero-order chi connectivity index (χ0) is 22.0. The zero-order valence-corrected chi connectivity index (χ0v) is 17.5. The molecule has 2 atom stereocenters. The Labute approximate surface area is 171 Å². The Morgan fingerprint density at radius 2 is 1.72 bits per heavy atom. The molecule has 0 radical (unpaired) electrons. The number of amides is 2. The summed E-state index contributed by atoms with van der Waals surface area (Å²) in [4.78, 5) is 23.7. The third-order valence-corrected chi connectivity index (χ3v) is 4.17. The second-order valence-electron chi connectivity index (χ2n) is 8.02. The highest BCUT2D eigenvalue weighted by molar-refractivity contribution is 5.76. The van der Waals surface area contributed by atoms with Crippen LogP contribution in [-0.2, 0) is 16.1 Å². The first kappa shape index (κ1) is 24.8. The second-order valence-corrected chi connectivity index (χ2v) is 8.02. The van der Waals surface area contributed by atoms with Crippen molar-refractivity contribution in [2.75, 3.05) is 6.54 Å². The van der Waals surface area contributed by atoms with Gasteiger partial charge in [0.05, 0.1) is 12.6 Å². The Morgan fingerprint density at radius 3 is 2.28 bits per heavy atom. The maximum atomic E-state index is 14.5. The molecule has 164 valence electrons. The number of hydrogen-bond acceptors (Lipinski definition) is 4. The maximum absolute atomic E-state index is 14.5. The summed E-state index contributed by atoms with van der Waals surface area (Å²) in [7, 11) is 0. The van der Waals surface area contributed by atoms with Crippen molar-refractivity contribution in [1.82, 2.24) is 10.6 Å². The van der Waals surface area contributed by atoms with Gasteiger partial charge < -0.3 is 20.5 Å². The molecule has 1 aromatic rings. The lowest BCUT2D eigenvalue weighted by Gasteiger charge is -2.31. The van der Waals surface area contributed by atoms with E-state index in [9.17, 15) is 23.5 Å². The van der Waals surface area contributed by atoms with Gasteiger partial charge >= 0.3 is 6.09 Å². The van der Waals surface area contributed by atoms with E-state index in [1.165, 1.54) is 0 Å². The van der Waals surface area contributed by atoms with E-state index in [0.29, 0.717) is 0 Å². The molecule has 0 heterocycles. The van der Waals surface area contributed by atoms with Gasteiger partial charge in [-0.3, -0.25) is 4.79 Å². The van der Waals surface area contributed by atoms with Gasteiger partial charge in [0.1, 0.15) is 12.7 Å². The fourth-order valence-electron chi connectivity index (χ4n) is 2.75. The molecular formula is C21H32F2N2O4. The Morgan fingerprint density at radius 1 is 1.10 bits per heavy atom. The van der Waals surface area contributed by atoms with Crippen molar-refractivity contribution < 1.29 is 28.2 Å². The summed E-state index contributed by atoms with van der Waals surface area (Å²) in [6.07, 6.45) is -2.82. The fraction of sp³-hybridized carbons (Fsp3) is 0.619. The van der Waals surface area contributed by atoms with Gasteiger partial charge in [-0.15, -0.1) is 0 Å². The van der Waals surface area contributed by atoms with Crippen molar-refractivity contribution in [3.8, 4) is 0 Å². The summed E-state index contributed by atoms with van der Waals surface area (Å²) in [5, 5.41) is 14.7. The fourth-order valence-corrected chi connectivity index (χ4v) is 2.75. The molecule has 29 heavy (non-hydrogen) atoms. The van der Waals surface area contributed by atoms with Gasteiger partial charge in [-0.2, -0.15) is 0 Å². The van der Waals surface area contributed by atoms with Crippen LogP contribution < -0.4 is 10.6 Å². The number of carbonyl (C=O) groups is 2. The van der Waals surface area contributed by atoms with Gasteiger partial charge in [-0.25, -0.2) is 13.6 Å². The molecular weight excluding hydrogens is 382 g/mol. The number of carbonyl (C=O) groups excluding carboxylic acids is 2. The average molecular weight is 414 g/mol. The monoisotopic (exact) mass is 414 g/mol. The number of ether oxygens (including phenoxy) is 1.